The number of methoxy groups -OCH3 is 2. The molecule has 0 saturated heterocycles. The first-order chi connectivity index (χ1) is 24.3. The molecule has 5 aromatic rings. The van der Waals surface area contributed by atoms with Crippen molar-refractivity contribution in [1.82, 2.24) is 14.7 Å². The number of carbonyl (C=O) groups excluding carboxylic acids is 2. The van der Waals surface area contributed by atoms with Crippen molar-refractivity contribution in [1.29, 1.82) is 5.26 Å². The Hall–Kier alpha value is -6.47. The fourth-order valence-electron chi connectivity index (χ4n) is 5.65. The molecule has 0 spiro atoms. The van der Waals surface area contributed by atoms with Crippen molar-refractivity contribution in [2.45, 2.75) is 20.0 Å². The van der Waals surface area contributed by atoms with Gasteiger partial charge in [-0.3, -0.25) is 14.5 Å². The number of aromatic nitrogens is 2. The largest absolute Gasteiger partial charge is 0.493 e. The van der Waals surface area contributed by atoms with Crippen molar-refractivity contribution < 1.29 is 28.2 Å². The topological polar surface area (TPSA) is 107 Å². The van der Waals surface area contributed by atoms with E-state index in [2.05, 4.69) is 0 Å². The quantitative estimate of drug-likeness (QED) is 0.109. The van der Waals surface area contributed by atoms with Crippen LogP contribution >= 0.6 is 0 Å². The molecule has 2 heterocycles. The standard InChI is InChI=1S/C40H33FN4O5/c1-26-34(39(46)44(40(47)35(26)23-42)20-19-27-11-18-36(48-2)37(21-27)49-3)22-30-24-45(32-7-5-4-6-8-32)43-38(30)29-12-16-33(17-13-29)50-25-28-9-14-31(41)15-10-28/h4-18,21-22,24H,19-20,25H2,1-3H3/b34-22+. The Labute approximate surface area is 289 Å². The molecule has 4 aromatic carbocycles. The Kier molecular flexibility index (Phi) is 9.86. The van der Waals surface area contributed by atoms with E-state index in [1.807, 2.05) is 72.9 Å². The Morgan fingerprint density at radius 2 is 1.56 bits per heavy atom. The third kappa shape index (κ3) is 7.03. The summed E-state index contributed by atoms with van der Waals surface area (Å²) in [4.78, 5) is 28.5. The van der Waals surface area contributed by atoms with Crippen LogP contribution in [-0.4, -0.2) is 47.3 Å². The van der Waals surface area contributed by atoms with Crippen LogP contribution in [-0.2, 0) is 22.6 Å². The van der Waals surface area contributed by atoms with Crippen molar-refractivity contribution in [3.05, 3.63) is 142 Å². The van der Waals surface area contributed by atoms with Crippen molar-refractivity contribution in [2.24, 2.45) is 0 Å². The summed E-state index contributed by atoms with van der Waals surface area (Å²) in [5.41, 5.74) is 4.85. The highest BCUT2D eigenvalue weighted by Crippen LogP contribution is 2.33. The van der Waals surface area contributed by atoms with Crippen LogP contribution in [0.1, 0.15) is 23.6 Å². The van der Waals surface area contributed by atoms with Gasteiger partial charge in [-0.2, -0.15) is 10.4 Å². The Balaban J connectivity index is 1.33. The summed E-state index contributed by atoms with van der Waals surface area (Å²) in [7, 11) is 3.08. The summed E-state index contributed by atoms with van der Waals surface area (Å²) in [6.45, 7) is 1.94. The van der Waals surface area contributed by atoms with Crippen molar-refractivity contribution in [3.8, 4) is 40.3 Å². The highest BCUT2D eigenvalue weighted by Gasteiger charge is 2.35. The zero-order valence-corrected chi connectivity index (χ0v) is 27.7. The third-order valence-corrected chi connectivity index (χ3v) is 8.41. The summed E-state index contributed by atoms with van der Waals surface area (Å²) >= 11 is 0. The molecule has 0 saturated carbocycles. The molecule has 1 aliphatic rings. The van der Waals surface area contributed by atoms with Crippen LogP contribution in [0.4, 0.5) is 4.39 Å². The maximum Gasteiger partial charge on any atom is 0.271 e. The second-order valence-electron chi connectivity index (χ2n) is 11.5. The number of halogens is 1. The second-order valence-corrected chi connectivity index (χ2v) is 11.5. The lowest BCUT2D eigenvalue weighted by Gasteiger charge is -2.27. The van der Waals surface area contributed by atoms with Crippen LogP contribution < -0.4 is 14.2 Å². The molecule has 0 radical (unpaired) electrons. The van der Waals surface area contributed by atoms with E-state index in [0.717, 1.165) is 27.3 Å². The lowest BCUT2D eigenvalue weighted by Crippen LogP contribution is -2.43. The molecule has 0 bridgehead atoms. The number of ether oxygens (including phenoxy) is 3. The van der Waals surface area contributed by atoms with Gasteiger partial charge in [0.15, 0.2) is 11.5 Å². The molecular formula is C40H33FN4O5. The number of carbonyl (C=O) groups is 2. The van der Waals surface area contributed by atoms with Gasteiger partial charge in [0.1, 0.15) is 29.8 Å². The fraction of sp³-hybridized carbons (Fsp3) is 0.150. The Bertz CT molecular complexity index is 2150. The van der Waals surface area contributed by atoms with Gasteiger partial charge in [0, 0.05) is 29.4 Å². The summed E-state index contributed by atoms with van der Waals surface area (Å²) in [5.74, 6) is 0.266. The Morgan fingerprint density at radius 1 is 0.860 bits per heavy atom. The second kappa shape index (κ2) is 14.7. The molecule has 6 rings (SSSR count). The lowest BCUT2D eigenvalue weighted by atomic mass is 9.93. The predicted octanol–water partition coefficient (Wildman–Crippen LogP) is 7.11. The predicted molar refractivity (Wildman–Crippen MR) is 186 cm³/mol. The van der Waals surface area contributed by atoms with E-state index in [-0.39, 0.29) is 30.1 Å². The van der Waals surface area contributed by atoms with E-state index >= 15 is 0 Å². The molecule has 0 atom stereocenters. The van der Waals surface area contributed by atoms with Crippen molar-refractivity contribution in [2.75, 3.05) is 20.8 Å². The average Bonchev–Trinajstić information content (AvgIpc) is 3.57. The van der Waals surface area contributed by atoms with Gasteiger partial charge in [-0.05, 0) is 96.8 Å². The maximum absolute atomic E-state index is 14.0. The molecule has 1 aliphatic heterocycles. The van der Waals surface area contributed by atoms with Gasteiger partial charge in [-0.15, -0.1) is 0 Å². The van der Waals surface area contributed by atoms with E-state index in [0.29, 0.717) is 40.5 Å². The molecule has 2 amide bonds. The van der Waals surface area contributed by atoms with Crippen LogP contribution in [0.2, 0.25) is 0 Å². The monoisotopic (exact) mass is 668 g/mol. The highest BCUT2D eigenvalue weighted by atomic mass is 19.1. The highest BCUT2D eigenvalue weighted by molar-refractivity contribution is 6.19. The van der Waals surface area contributed by atoms with Gasteiger partial charge in [0.2, 0.25) is 0 Å². The SMILES string of the molecule is COc1ccc(CCN2C(=O)C(C#N)=C(C)/C(=C\c3cn(-c4ccccc4)nc3-c3ccc(OCc4ccc(F)cc4)cc3)C2=O)cc1OC. The molecule has 0 N–H and O–H groups in total. The van der Waals surface area contributed by atoms with Crippen LogP contribution in [0.15, 0.2) is 120 Å². The van der Waals surface area contributed by atoms with Gasteiger partial charge in [0.25, 0.3) is 11.8 Å². The zero-order chi connectivity index (χ0) is 35.2. The summed E-state index contributed by atoms with van der Waals surface area (Å²) < 4.78 is 31.7. The fourth-order valence-corrected chi connectivity index (χ4v) is 5.65. The molecule has 10 heteroatoms. The van der Waals surface area contributed by atoms with E-state index in [1.165, 1.54) is 19.2 Å². The van der Waals surface area contributed by atoms with E-state index < -0.39 is 11.8 Å². The normalized spacial score (nSPS) is 13.8. The van der Waals surface area contributed by atoms with Crippen LogP contribution in [0.25, 0.3) is 23.0 Å². The van der Waals surface area contributed by atoms with Crippen LogP contribution in [0.5, 0.6) is 17.2 Å². The number of imide groups is 1. The maximum atomic E-state index is 14.0. The average molecular weight is 669 g/mol. The first-order valence-corrected chi connectivity index (χ1v) is 15.8. The molecule has 50 heavy (non-hydrogen) atoms. The first kappa shape index (κ1) is 33.4. The number of hydrogen-bond donors (Lipinski definition) is 0. The zero-order valence-electron chi connectivity index (χ0n) is 27.7. The molecule has 9 nitrogen and oxygen atoms in total. The molecule has 250 valence electrons. The lowest BCUT2D eigenvalue weighted by molar-refractivity contribution is -0.140. The third-order valence-electron chi connectivity index (χ3n) is 8.41. The van der Waals surface area contributed by atoms with Crippen LogP contribution in [0.3, 0.4) is 0 Å². The van der Waals surface area contributed by atoms with E-state index in [1.54, 1.807) is 49.1 Å². The van der Waals surface area contributed by atoms with E-state index in [9.17, 15) is 19.2 Å². The molecule has 0 aliphatic carbocycles. The number of rotatable bonds is 11. The summed E-state index contributed by atoms with van der Waals surface area (Å²) in [6, 6.07) is 30.5. The van der Waals surface area contributed by atoms with Crippen molar-refractivity contribution in [3.63, 3.8) is 0 Å². The number of nitriles is 1. The minimum absolute atomic E-state index is 0.0540. The minimum atomic E-state index is -0.635. The minimum Gasteiger partial charge on any atom is -0.493 e. The van der Waals surface area contributed by atoms with Gasteiger partial charge in [-0.1, -0.05) is 36.4 Å². The number of hydrogen-bond acceptors (Lipinski definition) is 7. The molecule has 0 fully saturated rings. The van der Waals surface area contributed by atoms with Gasteiger partial charge in [0.05, 0.1) is 25.6 Å². The van der Waals surface area contributed by atoms with Crippen molar-refractivity contribution >= 4 is 17.9 Å². The molecular weight excluding hydrogens is 635 g/mol. The smallest absolute Gasteiger partial charge is 0.271 e. The summed E-state index contributed by atoms with van der Waals surface area (Å²) in [6.07, 6.45) is 3.84. The molecule has 1 aromatic heterocycles. The number of nitrogens with zero attached hydrogens (tertiary/aromatic N) is 4. The number of benzene rings is 4. The van der Waals surface area contributed by atoms with Gasteiger partial charge in [-0.25, -0.2) is 9.07 Å². The Morgan fingerprint density at radius 3 is 2.24 bits per heavy atom. The first-order valence-electron chi connectivity index (χ1n) is 15.8. The summed E-state index contributed by atoms with van der Waals surface area (Å²) in [5, 5.41) is 14.9. The molecule has 0 unspecified atom stereocenters. The number of para-hydroxylation sites is 1. The number of amides is 2. The van der Waals surface area contributed by atoms with Gasteiger partial charge >= 0.3 is 0 Å². The van der Waals surface area contributed by atoms with Gasteiger partial charge < -0.3 is 14.2 Å². The van der Waals surface area contributed by atoms with E-state index in [4.69, 9.17) is 19.3 Å². The van der Waals surface area contributed by atoms with Crippen LogP contribution in [0, 0.1) is 17.1 Å².